The average molecular weight is 455 g/mol. The second-order valence-electron chi connectivity index (χ2n) is 9.91. The van der Waals surface area contributed by atoms with Gasteiger partial charge in [-0.15, -0.1) is 12.4 Å². The van der Waals surface area contributed by atoms with Gasteiger partial charge in [0.1, 0.15) is 0 Å². The monoisotopic (exact) mass is 454 g/mol. The largest absolute Gasteiger partial charge is 0.392 e. The molecule has 5 rings (SSSR count). The maximum absolute atomic E-state index is 12.9. The highest BCUT2D eigenvalue weighted by Crippen LogP contribution is 2.59. The Labute approximate surface area is 191 Å². The summed E-state index contributed by atoms with van der Waals surface area (Å²) in [5.41, 5.74) is 1.94. The first kappa shape index (κ1) is 23.8. The van der Waals surface area contributed by atoms with Crippen molar-refractivity contribution in [2.45, 2.75) is 64.4 Å². The van der Waals surface area contributed by atoms with Gasteiger partial charge in [-0.05, 0) is 98.8 Å². The number of likely N-dealkylation sites (N-methyl/N-ethyl adjacent to an activating group) is 1. The van der Waals surface area contributed by atoms with Crippen molar-refractivity contribution >= 4 is 29.9 Å². The number of rotatable bonds is 9. The van der Waals surface area contributed by atoms with Crippen molar-refractivity contribution < 1.29 is 9.90 Å². The van der Waals surface area contributed by atoms with Crippen LogP contribution in [0.15, 0.2) is 18.2 Å². The molecule has 0 radical (unpaired) electrons. The Morgan fingerprint density at radius 3 is 2.43 bits per heavy atom. The molecule has 4 aliphatic carbocycles. The van der Waals surface area contributed by atoms with Gasteiger partial charge in [0.2, 0.25) is 0 Å². The molecule has 4 fully saturated rings. The first-order valence-corrected chi connectivity index (χ1v) is 11.8. The van der Waals surface area contributed by atoms with Gasteiger partial charge < -0.3 is 15.7 Å². The predicted octanol–water partition coefficient (Wildman–Crippen LogP) is 4.61. The van der Waals surface area contributed by atoms with Crippen LogP contribution in [0.2, 0.25) is 5.02 Å². The lowest BCUT2D eigenvalue weighted by Crippen LogP contribution is -2.51. The molecule has 1 aromatic rings. The van der Waals surface area contributed by atoms with Gasteiger partial charge in [0.25, 0.3) is 5.91 Å². The highest BCUT2D eigenvalue weighted by molar-refractivity contribution is 6.33. The quantitative estimate of drug-likeness (QED) is 0.510. The molecule has 0 aromatic heterocycles. The number of amides is 1. The zero-order valence-electron chi connectivity index (χ0n) is 18.0. The fourth-order valence-corrected chi connectivity index (χ4v) is 6.72. The molecule has 4 aliphatic rings. The number of hydrogen-bond acceptors (Lipinski definition) is 3. The Morgan fingerprint density at radius 2 is 1.83 bits per heavy atom. The fourth-order valence-electron chi connectivity index (χ4n) is 6.52. The normalized spacial score (nSPS) is 30.0. The van der Waals surface area contributed by atoms with Gasteiger partial charge in [0.05, 0.1) is 16.7 Å². The maximum atomic E-state index is 12.9. The van der Waals surface area contributed by atoms with Crippen molar-refractivity contribution in [3.63, 3.8) is 0 Å². The predicted molar refractivity (Wildman–Crippen MR) is 125 cm³/mol. The van der Waals surface area contributed by atoms with Gasteiger partial charge in [0.15, 0.2) is 0 Å². The minimum Gasteiger partial charge on any atom is -0.392 e. The maximum Gasteiger partial charge on any atom is 0.252 e. The van der Waals surface area contributed by atoms with Crippen molar-refractivity contribution in [3.05, 3.63) is 34.3 Å². The Morgan fingerprint density at radius 1 is 1.20 bits per heavy atom. The third kappa shape index (κ3) is 5.51. The lowest BCUT2D eigenvalue weighted by molar-refractivity contribution is -0.0503. The van der Waals surface area contributed by atoms with E-state index in [4.69, 9.17) is 11.6 Å². The highest BCUT2D eigenvalue weighted by atomic mass is 35.5. The molecule has 1 aromatic carbocycles. The van der Waals surface area contributed by atoms with Gasteiger partial charge in [-0.3, -0.25) is 4.79 Å². The van der Waals surface area contributed by atoms with Crippen molar-refractivity contribution in [2.75, 3.05) is 19.6 Å². The van der Waals surface area contributed by atoms with Crippen molar-refractivity contribution in [2.24, 2.45) is 23.2 Å². The van der Waals surface area contributed by atoms with E-state index >= 15 is 0 Å². The van der Waals surface area contributed by atoms with Gasteiger partial charge in [0, 0.05) is 13.1 Å². The van der Waals surface area contributed by atoms with E-state index in [0.29, 0.717) is 29.0 Å². The molecule has 3 N–H and O–H groups in total. The van der Waals surface area contributed by atoms with E-state index in [1.165, 1.54) is 38.5 Å². The lowest BCUT2D eigenvalue weighted by Gasteiger charge is -2.56. The Kier molecular flexibility index (Phi) is 8.11. The molecule has 168 valence electrons. The third-order valence-electron chi connectivity index (χ3n) is 7.46. The number of carbonyl (C=O) groups is 1. The van der Waals surface area contributed by atoms with E-state index in [-0.39, 0.29) is 24.4 Å². The van der Waals surface area contributed by atoms with Crippen LogP contribution in [0.25, 0.3) is 0 Å². The zero-order chi connectivity index (χ0) is 20.4. The van der Waals surface area contributed by atoms with Crippen LogP contribution in [0.3, 0.4) is 0 Å². The lowest BCUT2D eigenvalue weighted by atomic mass is 9.49. The van der Waals surface area contributed by atoms with Crippen molar-refractivity contribution in [3.8, 4) is 0 Å². The molecule has 1 amide bonds. The van der Waals surface area contributed by atoms with Crippen LogP contribution >= 0.6 is 24.0 Å². The minimum absolute atomic E-state index is 0. The molecule has 30 heavy (non-hydrogen) atoms. The molecule has 1 atom stereocenters. The number of hydrogen-bond donors (Lipinski definition) is 3. The number of aliphatic hydroxyl groups is 1. The van der Waals surface area contributed by atoms with Gasteiger partial charge in [-0.25, -0.2) is 0 Å². The van der Waals surface area contributed by atoms with Crippen LogP contribution in [-0.4, -0.2) is 36.8 Å². The van der Waals surface area contributed by atoms with Crippen molar-refractivity contribution in [1.82, 2.24) is 10.6 Å². The Hall–Kier alpha value is -0.810. The summed E-state index contributed by atoms with van der Waals surface area (Å²) >= 11 is 6.36. The summed E-state index contributed by atoms with van der Waals surface area (Å²) < 4.78 is 0. The molecule has 0 spiro atoms. The summed E-state index contributed by atoms with van der Waals surface area (Å²) in [6, 6.07) is 5.67. The van der Waals surface area contributed by atoms with E-state index in [1.54, 1.807) is 0 Å². The smallest absolute Gasteiger partial charge is 0.252 e. The van der Waals surface area contributed by atoms with E-state index in [0.717, 1.165) is 42.8 Å². The van der Waals surface area contributed by atoms with Gasteiger partial charge >= 0.3 is 0 Å². The molecule has 4 saturated carbocycles. The topological polar surface area (TPSA) is 61.4 Å². The second kappa shape index (κ2) is 10.2. The number of carbonyl (C=O) groups excluding carboxylic acids is 1. The van der Waals surface area contributed by atoms with E-state index in [2.05, 4.69) is 10.6 Å². The van der Waals surface area contributed by atoms with Crippen LogP contribution < -0.4 is 10.6 Å². The first-order chi connectivity index (χ1) is 14.0. The second-order valence-corrected chi connectivity index (χ2v) is 10.3. The number of nitrogens with one attached hydrogen (secondary N) is 2. The van der Waals surface area contributed by atoms with Crippen LogP contribution in [0.4, 0.5) is 0 Å². The summed E-state index contributed by atoms with van der Waals surface area (Å²) in [4.78, 5) is 12.9. The number of benzene rings is 1. The van der Waals surface area contributed by atoms with Crippen LogP contribution in [0.1, 0.15) is 67.8 Å². The Balaban J connectivity index is 0.00000256. The minimum atomic E-state index is -0.376. The number of aryl methyl sites for hydroxylation is 1. The van der Waals surface area contributed by atoms with Crippen LogP contribution in [-0.2, 0) is 6.42 Å². The molecule has 6 heteroatoms. The van der Waals surface area contributed by atoms with Crippen molar-refractivity contribution in [1.29, 1.82) is 0 Å². The number of halogens is 2. The molecular weight excluding hydrogens is 419 g/mol. The highest BCUT2D eigenvalue weighted by Gasteiger charge is 2.50. The van der Waals surface area contributed by atoms with Crippen LogP contribution in [0, 0.1) is 23.2 Å². The molecule has 4 nitrogen and oxygen atoms in total. The summed E-state index contributed by atoms with van der Waals surface area (Å²) in [6.07, 6.45) is 9.15. The summed E-state index contributed by atoms with van der Waals surface area (Å²) in [7, 11) is 0. The van der Waals surface area contributed by atoms with E-state index < -0.39 is 0 Å². The molecule has 0 heterocycles. The summed E-state index contributed by atoms with van der Waals surface area (Å²) in [5.74, 6) is 2.61. The molecule has 0 unspecified atom stereocenters. The molecule has 0 aliphatic heterocycles. The van der Waals surface area contributed by atoms with E-state index in [1.807, 2.05) is 25.1 Å². The molecular formula is C24H36Cl2N2O2. The van der Waals surface area contributed by atoms with Gasteiger partial charge in [-0.1, -0.05) is 24.6 Å². The SMILES string of the molecule is CCNC[C@@H](O)CCc1ccc(Cl)c(C(=O)NCC23CC4CC(CC(C4)C2)C3)c1.Cl. The zero-order valence-corrected chi connectivity index (χ0v) is 19.5. The molecule has 0 saturated heterocycles. The van der Waals surface area contributed by atoms with Crippen LogP contribution in [0.5, 0.6) is 0 Å². The summed E-state index contributed by atoms with van der Waals surface area (Å²) in [6.45, 7) is 4.27. The number of aliphatic hydroxyl groups excluding tert-OH is 1. The standard InChI is InChI=1S/C24H35ClN2O2.ClH/c1-2-26-14-20(28)5-3-16-4-6-22(25)21(10-16)23(29)27-15-24-11-17-7-18(12-24)9-19(8-17)13-24;/h4,6,10,17-20,26,28H,2-3,5,7-9,11-15H2,1H3,(H,27,29);1H/t17?,18?,19?,20-,24?;/m0./s1. The van der Waals surface area contributed by atoms with Gasteiger partial charge in [-0.2, -0.15) is 0 Å². The summed E-state index contributed by atoms with van der Waals surface area (Å²) in [5, 5.41) is 16.9. The van der Waals surface area contributed by atoms with E-state index in [9.17, 15) is 9.90 Å². The average Bonchev–Trinajstić information content (AvgIpc) is 2.69. The molecule has 4 bridgehead atoms. The Bertz CT molecular complexity index is 705. The third-order valence-corrected chi connectivity index (χ3v) is 7.79. The first-order valence-electron chi connectivity index (χ1n) is 11.4. The fraction of sp³-hybridized carbons (Fsp3) is 0.708.